The molecule has 6 heteroatoms. The van der Waals surface area contributed by atoms with Crippen molar-refractivity contribution in [2.75, 3.05) is 6.54 Å². The van der Waals surface area contributed by atoms with Crippen LogP contribution in [-0.4, -0.2) is 30.0 Å². The Balaban J connectivity index is 4.92. The third-order valence-electron chi connectivity index (χ3n) is 2.58. The number of nitrogens with zero attached hydrogens (tertiary/aromatic N) is 1. The van der Waals surface area contributed by atoms with Crippen LogP contribution in [-0.2, 0) is 9.53 Å². The van der Waals surface area contributed by atoms with Crippen LogP contribution in [0.1, 0.15) is 48.0 Å². The maximum atomic E-state index is 11.8. The van der Waals surface area contributed by atoms with Gasteiger partial charge in [0.05, 0.1) is 0 Å². The number of allylic oxidation sites excluding steroid dienone is 4. The predicted octanol–water partition coefficient (Wildman–Crippen LogP) is 3.25. The molecular weight excluding hydrogens is 306 g/mol. The number of carbonyl (C=O) groups excluding carboxylic acids is 2. The molecule has 0 aliphatic heterocycles. The standard InChI is InChI=1S/C18H29N3O3/c1-7-9-13(3)11-14(10-8-2)16(19)21-15(22)12-20-17(23)24-18(4,5)6/h8-11H,7,12H2,1-6H3,(H,20,23)(H2,19,21,22)/b10-8-,13-9+,14-11+. The molecule has 0 fully saturated rings. The Morgan fingerprint density at radius 1 is 1.29 bits per heavy atom. The van der Waals surface area contributed by atoms with Gasteiger partial charge in [0.2, 0.25) is 0 Å². The summed E-state index contributed by atoms with van der Waals surface area (Å²) in [5.74, 6) is -0.446. The SMILES string of the molecule is C\C=C/C(=C\C(C)=C\CC)C(N)=NC(=O)CNC(=O)OC(C)(C)C. The first-order valence-electron chi connectivity index (χ1n) is 7.94. The lowest BCUT2D eigenvalue weighted by Crippen LogP contribution is -2.35. The van der Waals surface area contributed by atoms with E-state index >= 15 is 0 Å². The summed E-state index contributed by atoms with van der Waals surface area (Å²) in [7, 11) is 0. The first-order chi connectivity index (χ1) is 11.1. The molecule has 3 N–H and O–H groups in total. The fourth-order valence-electron chi connectivity index (χ4n) is 1.71. The minimum Gasteiger partial charge on any atom is -0.444 e. The number of amidine groups is 1. The van der Waals surface area contributed by atoms with E-state index in [0.29, 0.717) is 5.57 Å². The third-order valence-corrected chi connectivity index (χ3v) is 2.58. The fraction of sp³-hybridized carbons (Fsp3) is 0.500. The van der Waals surface area contributed by atoms with Gasteiger partial charge in [0, 0.05) is 5.57 Å². The van der Waals surface area contributed by atoms with Gasteiger partial charge in [-0.1, -0.05) is 30.7 Å². The maximum Gasteiger partial charge on any atom is 0.408 e. The molecule has 134 valence electrons. The Hall–Kier alpha value is -2.37. The van der Waals surface area contributed by atoms with E-state index in [2.05, 4.69) is 10.3 Å². The van der Waals surface area contributed by atoms with Crippen LogP contribution in [0.2, 0.25) is 0 Å². The van der Waals surface area contributed by atoms with Crippen molar-refractivity contribution in [2.24, 2.45) is 10.7 Å². The first-order valence-corrected chi connectivity index (χ1v) is 7.94. The third kappa shape index (κ3) is 10.4. The van der Waals surface area contributed by atoms with E-state index in [9.17, 15) is 9.59 Å². The number of alkyl carbamates (subject to hydrolysis) is 1. The van der Waals surface area contributed by atoms with Gasteiger partial charge in [0.15, 0.2) is 0 Å². The van der Waals surface area contributed by atoms with Crippen LogP contribution in [0.3, 0.4) is 0 Å². The Morgan fingerprint density at radius 2 is 1.92 bits per heavy atom. The van der Waals surface area contributed by atoms with E-state index in [0.717, 1.165) is 12.0 Å². The van der Waals surface area contributed by atoms with Crippen molar-refractivity contribution in [3.8, 4) is 0 Å². The van der Waals surface area contributed by atoms with Crippen LogP contribution in [0.25, 0.3) is 0 Å². The summed E-state index contributed by atoms with van der Waals surface area (Å²) in [6, 6.07) is 0. The van der Waals surface area contributed by atoms with Gasteiger partial charge >= 0.3 is 6.09 Å². The zero-order valence-electron chi connectivity index (χ0n) is 15.5. The number of hydrogen-bond donors (Lipinski definition) is 2. The summed E-state index contributed by atoms with van der Waals surface area (Å²) in [4.78, 5) is 27.2. The van der Waals surface area contributed by atoms with Crippen LogP contribution in [0, 0.1) is 0 Å². The van der Waals surface area contributed by atoms with Crippen LogP contribution in [0.15, 0.2) is 40.4 Å². The lowest BCUT2D eigenvalue weighted by molar-refractivity contribution is -0.117. The summed E-state index contributed by atoms with van der Waals surface area (Å²) in [5, 5.41) is 2.35. The number of ether oxygens (including phenoxy) is 1. The lowest BCUT2D eigenvalue weighted by atomic mass is 10.1. The Morgan fingerprint density at radius 3 is 2.42 bits per heavy atom. The van der Waals surface area contributed by atoms with Crippen molar-refractivity contribution in [3.05, 3.63) is 35.5 Å². The number of hydrogen-bond acceptors (Lipinski definition) is 3. The molecule has 0 atom stereocenters. The van der Waals surface area contributed by atoms with Crippen LogP contribution < -0.4 is 11.1 Å². The molecule has 0 aromatic carbocycles. The van der Waals surface area contributed by atoms with Crippen molar-refractivity contribution < 1.29 is 14.3 Å². The number of nitrogens with two attached hydrogens (primary N) is 1. The molecule has 0 spiro atoms. The molecule has 0 heterocycles. The average molecular weight is 335 g/mol. The van der Waals surface area contributed by atoms with Gasteiger partial charge in [0.1, 0.15) is 18.0 Å². The van der Waals surface area contributed by atoms with Crippen LogP contribution >= 0.6 is 0 Å². The highest BCUT2D eigenvalue weighted by atomic mass is 16.6. The molecule has 0 aromatic rings. The number of aliphatic imine (C=N–C) groups is 1. The van der Waals surface area contributed by atoms with Crippen molar-refractivity contribution >= 4 is 17.8 Å². The van der Waals surface area contributed by atoms with Gasteiger partial charge in [-0.3, -0.25) is 4.79 Å². The minimum atomic E-state index is -0.671. The summed E-state index contributed by atoms with van der Waals surface area (Å²) < 4.78 is 5.05. The molecule has 0 rings (SSSR count). The molecule has 0 radical (unpaired) electrons. The normalized spacial score (nSPS) is 14.0. The second-order valence-electron chi connectivity index (χ2n) is 6.20. The van der Waals surface area contributed by atoms with Crippen molar-refractivity contribution in [1.82, 2.24) is 5.32 Å². The van der Waals surface area contributed by atoms with Gasteiger partial charge < -0.3 is 15.8 Å². The number of carbonyl (C=O) groups is 2. The van der Waals surface area contributed by atoms with Gasteiger partial charge in [0.25, 0.3) is 5.91 Å². The molecule has 0 aliphatic rings. The van der Waals surface area contributed by atoms with Crippen molar-refractivity contribution in [3.63, 3.8) is 0 Å². The predicted molar refractivity (Wildman–Crippen MR) is 97.8 cm³/mol. The number of amides is 2. The zero-order valence-corrected chi connectivity index (χ0v) is 15.5. The molecule has 2 amide bonds. The van der Waals surface area contributed by atoms with Gasteiger partial charge in [-0.2, -0.15) is 4.99 Å². The Kier molecular flexibility index (Phi) is 9.38. The van der Waals surface area contributed by atoms with Crippen LogP contribution in [0.5, 0.6) is 0 Å². The van der Waals surface area contributed by atoms with E-state index < -0.39 is 17.6 Å². The summed E-state index contributed by atoms with van der Waals surface area (Å²) in [6.07, 6.45) is 7.73. The van der Waals surface area contributed by atoms with Crippen molar-refractivity contribution in [2.45, 2.75) is 53.6 Å². The first kappa shape index (κ1) is 21.6. The second kappa shape index (κ2) is 10.4. The molecule has 0 saturated heterocycles. The van der Waals surface area contributed by atoms with E-state index in [1.807, 2.05) is 39.0 Å². The van der Waals surface area contributed by atoms with Gasteiger partial charge in [-0.15, -0.1) is 0 Å². The average Bonchev–Trinajstić information content (AvgIpc) is 2.43. The monoisotopic (exact) mass is 335 g/mol. The van der Waals surface area contributed by atoms with E-state index in [-0.39, 0.29) is 12.4 Å². The maximum absolute atomic E-state index is 11.8. The fourth-order valence-corrected chi connectivity index (χ4v) is 1.71. The molecule has 0 bridgehead atoms. The van der Waals surface area contributed by atoms with Gasteiger partial charge in [-0.25, -0.2) is 4.79 Å². The summed E-state index contributed by atoms with van der Waals surface area (Å²) >= 11 is 0. The van der Waals surface area contributed by atoms with Crippen molar-refractivity contribution in [1.29, 1.82) is 0 Å². The zero-order chi connectivity index (χ0) is 18.8. The molecule has 0 aliphatic carbocycles. The minimum absolute atomic E-state index is 0.105. The smallest absolute Gasteiger partial charge is 0.408 e. The molecule has 0 aromatic heterocycles. The highest BCUT2D eigenvalue weighted by Crippen LogP contribution is 2.07. The second-order valence-corrected chi connectivity index (χ2v) is 6.20. The summed E-state index contributed by atoms with van der Waals surface area (Å²) in [5.41, 5.74) is 6.95. The van der Waals surface area contributed by atoms with E-state index in [1.165, 1.54) is 0 Å². The molecule has 0 unspecified atom stereocenters. The Labute approximate surface area is 144 Å². The van der Waals surface area contributed by atoms with Gasteiger partial charge in [-0.05, 0) is 47.1 Å². The van der Waals surface area contributed by atoms with E-state index in [4.69, 9.17) is 10.5 Å². The molecular formula is C18H29N3O3. The topological polar surface area (TPSA) is 93.8 Å². The van der Waals surface area contributed by atoms with E-state index in [1.54, 1.807) is 26.8 Å². The quantitative estimate of drug-likeness (QED) is 0.442. The number of nitrogens with one attached hydrogen (secondary N) is 1. The lowest BCUT2D eigenvalue weighted by Gasteiger charge is -2.19. The highest BCUT2D eigenvalue weighted by Gasteiger charge is 2.16. The summed E-state index contributed by atoms with van der Waals surface area (Å²) in [6.45, 7) is 10.8. The van der Waals surface area contributed by atoms with Crippen LogP contribution in [0.4, 0.5) is 4.79 Å². The largest absolute Gasteiger partial charge is 0.444 e. The molecule has 6 nitrogen and oxygen atoms in total. The number of rotatable bonds is 6. The molecule has 24 heavy (non-hydrogen) atoms. The molecule has 0 saturated carbocycles. The Bertz CT molecular complexity index is 565. The highest BCUT2D eigenvalue weighted by molar-refractivity contribution is 6.06.